The summed E-state index contributed by atoms with van der Waals surface area (Å²) in [5, 5.41) is 18.7. The van der Waals surface area contributed by atoms with Crippen LogP contribution in [0.5, 0.6) is 5.75 Å². The van der Waals surface area contributed by atoms with Crippen molar-refractivity contribution in [3.05, 3.63) is 24.3 Å². The number of methoxy groups -OCH3 is 1. The highest BCUT2D eigenvalue weighted by Gasteiger charge is 2.42. The molecule has 1 aliphatic rings. The first-order valence-electron chi connectivity index (χ1n) is 5.93. The van der Waals surface area contributed by atoms with E-state index >= 15 is 0 Å². The number of nitrogens with zero attached hydrogens (tertiary/aromatic N) is 1. The number of hydrogen-bond acceptors (Lipinski definition) is 5. The van der Waals surface area contributed by atoms with Crippen molar-refractivity contribution >= 4 is 16.0 Å². The molecule has 0 amide bonds. The van der Waals surface area contributed by atoms with Gasteiger partial charge in [-0.05, 0) is 24.3 Å². The van der Waals surface area contributed by atoms with Gasteiger partial charge in [-0.1, -0.05) is 0 Å². The first kappa shape index (κ1) is 14.8. The predicted octanol–water partition coefficient (Wildman–Crippen LogP) is 0.109. The van der Waals surface area contributed by atoms with Crippen molar-refractivity contribution in [2.45, 2.75) is 17.5 Å². The van der Waals surface area contributed by atoms with Crippen LogP contribution in [0.1, 0.15) is 6.42 Å². The standard InChI is InChI=1S/C12H15NO6S/c1-19-9-2-4-10(5-3-9)20(17,18)13-7-8(12(15)16)6-11(13)14/h2-5,8,11,14H,6-7H2,1H3,(H,15,16)/t8-,11-/m1/s1. The summed E-state index contributed by atoms with van der Waals surface area (Å²) in [6.45, 7) is -0.231. The fraction of sp³-hybridized carbons (Fsp3) is 0.417. The Bertz CT molecular complexity index is 597. The van der Waals surface area contributed by atoms with Crippen LogP contribution in [0.4, 0.5) is 0 Å². The van der Waals surface area contributed by atoms with Crippen molar-refractivity contribution in [3.63, 3.8) is 0 Å². The second kappa shape index (κ2) is 5.39. The smallest absolute Gasteiger partial charge is 0.307 e. The number of aliphatic hydroxyl groups is 1. The van der Waals surface area contributed by atoms with Gasteiger partial charge in [0.15, 0.2) is 0 Å². The lowest BCUT2D eigenvalue weighted by Crippen LogP contribution is -2.35. The molecule has 2 N–H and O–H groups in total. The van der Waals surface area contributed by atoms with Crippen LogP contribution >= 0.6 is 0 Å². The second-order valence-electron chi connectivity index (χ2n) is 4.50. The molecule has 1 saturated heterocycles. The molecular weight excluding hydrogens is 286 g/mol. The van der Waals surface area contributed by atoms with Crippen LogP contribution < -0.4 is 4.74 Å². The number of aliphatic hydroxyl groups excluding tert-OH is 1. The lowest BCUT2D eigenvalue weighted by atomic mass is 10.1. The van der Waals surface area contributed by atoms with Gasteiger partial charge in [-0.2, -0.15) is 4.31 Å². The fourth-order valence-corrected chi connectivity index (χ4v) is 3.64. The lowest BCUT2D eigenvalue weighted by Gasteiger charge is -2.19. The number of carboxylic acids is 1. The molecule has 1 aliphatic heterocycles. The quantitative estimate of drug-likeness (QED) is 0.818. The highest BCUT2D eigenvalue weighted by atomic mass is 32.2. The van der Waals surface area contributed by atoms with Gasteiger partial charge in [0, 0.05) is 13.0 Å². The molecule has 110 valence electrons. The molecule has 0 aliphatic carbocycles. The summed E-state index contributed by atoms with van der Waals surface area (Å²) < 4.78 is 30.4. The summed E-state index contributed by atoms with van der Waals surface area (Å²) in [7, 11) is -2.45. The van der Waals surface area contributed by atoms with Crippen LogP contribution in [0, 0.1) is 5.92 Å². The zero-order valence-electron chi connectivity index (χ0n) is 10.8. The molecule has 1 heterocycles. The molecule has 1 aromatic rings. The summed E-state index contributed by atoms with van der Waals surface area (Å²) in [5.74, 6) is -1.50. The van der Waals surface area contributed by atoms with Gasteiger partial charge in [-0.15, -0.1) is 0 Å². The van der Waals surface area contributed by atoms with Crippen molar-refractivity contribution < 1.29 is 28.2 Å². The molecule has 2 rings (SSSR count). The Morgan fingerprint density at radius 2 is 1.95 bits per heavy atom. The van der Waals surface area contributed by atoms with Gasteiger partial charge in [0.25, 0.3) is 0 Å². The summed E-state index contributed by atoms with van der Waals surface area (Å²) in [6.07, 6.45) is -1.42. The number of hydrogen-bond donors (Lipinski definition) is 2. The topological polar surface area (TPSA) is 104 Å². The van der Waals surface area contributed by atoms with E-state index < -0.39 is 28.1 Å². The summed E-state index contributed by atoms with van der Waals surface area (Å²) >= 11 is 0. The number of aliphatic carboxylic acids is 1. The van der Waals surface area contributed by atoms with Crippen molar-refractivity contribution in [3.8, 4) is 5.75 Å². The molecular formula is C12H15NO6S. The minimum atomic E-state index is -3.91. The maximum absolute atomic E-state index is 12.3. The highest BCUT2D eigenvalue weighted by molar-refractivity contribution is 7.89. The summed E-state index contributed by atoms with van der Waals surface area (Å²) in [5.41, 5.74) is 0. The third-order valence-electron chi connectivity index (χ3n) is 3.24. The highest BCUT2D eigenvalue weighted by Crippen LogP contribution is 2.29. The first-order chi connectivity index (χ1) is 9.36. The number of benzene rings is 1. The number of carbonyl (C=O) groups is 1. The van der Waals surface area contributed by atoms with Crippen molar-refractivity contribution in [1.82, 2.24) is 4.31 Å². The zero-order chi connectivity index (χ0) is 14.9. The molecule has 0 aromatic heterocycles. The van der Waals surface area contributed by atoms with E-state index in [2.05, 4.69) is 0 Å². The molecule has 1 aromatic carbocycles. The molecule has 0 saturated carbocycles. The number of carboxylic acid groups (broad SMARTS) is 1. The molecule has 0 spiro atoms. The van der Waals surface area contributed by atoms with Crippen LogP contribution in [-0.4, -0.2) is 48.8 Å². The summed E-state index contributed by atoms with van der Waals surface area (Å²) in [6, 6.07) is 5.69. The molecule has 2 atom stereocenters. The molecule has 1 fully saturated rings. The van der Waals surface area contributed by atoms with Gasteiger partial charge in [0.2, 0.25) is 10.0 Å². The summed E-state index contributed by atoms with van der Waals surface area (Å²) in [4.78, 5) is 10.9. The number of sulfonamides is 1. The van der Waals surface area contributed by atoms with E-state index in [-0.39, 0.29) is 17.9 Å². The fourth-order valence-electron chi connectivity index (χ4n) is 2.11. The average molecular weight is 301 g/mol. The normalized spacial score (nSPS) is 23.7. The van der Waals surface area contributed by atoms with Crippen LogP contribution in [0.3, 0.4) is 0 Å². The molecule has 20 heavy (non-hydrogen) atoms. The third-order valence-corrected chi connectivity index (χ3v) is 5.12. The number of ether oxygens (including phenoxy) is 1. The monoisotopic (exact) mass is 301 g/mol. The molecule has 0 bridgehead atoms. The van der Waals surface area contributed by atoms with Crippen LogP contribution in [0.15, 0.2) is 29.2 Å². The van der Waals surface area contributed by atoms with Gasteiger partial charge in [-0.3, -0.25) is 4.79 Å². The van der Waals surface area contributed by atoms with E-state index in [1.54, 1.807) is 0 Å². The van der Waals surface area contributed by atoms with Crippen molar-refractivity contribution in [2.24, 2.45) is 5.92 Å². The van der Waals surface area contributed by atoms with Crippen molar-refractivity contribution in [2.75, 3.05) is 13.7 Å². The number of rotatable bonds is 4. The van der Waals surface area contributed by atoms with Crippen molar-refractivity contribution in [1.29, 1.82) is 0 Å². The third kappa shape index (κ3) is 2.62. The second-order valence-corrected chi connectivity index (χ2v) is 6.39. The maximum Gasteiger partial charge on any atom is 0.307 e. The van der Waals surface area contributed by atoms with Crippen LogP contribution in [0.25, 0.3) is 0 Å². The Hall–Kier alpha value is -1.64. The van der Waals surface area contributed by atoms with E-state index in [1.165, 1.54) is 31.4 Å². The average Bonchev–Trinajstić information content (AvgIpc) is 2.82. The molecule has 7 nitrogen and oxygen atoms in total. The Labute approximate surface area is 116 Å². The zero-order valence-corrected chi connectivity index (χ0v) is 11.6. The molecule has 0 radical (unpaired) electrons. The van der Waals surface area contributed by atoms with Gasteiger partial charge in [0.05, 0.1) is 17.9 Å². The SMILES string of the molecule is COc1ccc(S(=O)(=O)N2C[C@H](C(=O)O)C[C@H]2O)cc1. The van der Waals surface area contributed by atoms with E-state index in [0.29, 0.717) is 5.75 Å². The predicted molar refractivity (Wildman–Crippen MR) is 68.6 cm³/mol. The van der Waals surface area contributed by atoms with E-state index in [0.717, 1.165) is 4.31 Å². The minimum absolute atomic E-state index is 0.0108. The van der Waals surface area contributed by atoms with Gasteiger partial charge < -0.3 is 14.9 Å². The Kier molecular flexibility index (Phi) is 3.98. The van der Waals surface area contributed by atoms with Gasteiger partial charge >= 0.3 is 5.97 Å². The van der Waals surface area contributed by atoms with Crippen LogP contribution in [-0.2, 0) is 14.8 Å². The minimum Gasteiger partial charge on any atom is -0.497 e. The lowest BCUT2D eigenvalue weighted by molar-refractivity contribution is -0.141. The van der Waals surface area contributed by atoms with E-state index in [9.17, 15) is 18.3 Å². The van der Waals surface area contributed by atoms with E-state index in [1.807, 2.05) is 0 Å². The molecule has 8 heteroatoms. The Morgan fingerprint density at radius 3 is 2.40 bits per heavy atom. The van der Waals surface area contributed by atoms with Gasteiger partial charge in [-0.25, -0.2) is 8.42 Å². The van der Waals surface area contributed by atoms with Crippen LogP contribution in [0.2, 0.25) is 0 Å². The maximum atomic E-state index is 12.3. The Morgan fingerprint density at radius 1 is 1.35 bits per heavy atom. The van der Waals surface area contributed by atoms with Gasteiger partial charge in [0.1, 0.15) is 12.0 Å². The molecule has 0 unspecified atom stereocenters. The largest absolute Gasteiger partial charge is 0.497 e. The van der Waals surface area contributed by atoms with E-state index in [4.69, 9.17) is 9.84 Å². The first-order valence-corrected chi connectivity index (χ1v) is 7.37. The Balaban J connectivity index is 2.28.